The van der Waals surface area contributed by atoms with Gasteiger partial charge in [0.2, 0.25) is 0 Å². The standard InChI is InChI=1S/C27H27N3O3/c1-4-13-30-16-20(14-18-5-9-21(32-2)10-6-18)26-24(17-30)25(23(15-28)27(31)29-26)19-7-11-22(33-3)12-8-19/h5-12,14H,4,13,16-17H2,1-3H3,(H,29,31)/b20-14+. The average molecular weight is 442 g/mol. The molecule has 4 rings (SSSR count). The Morgan fingerprint density at radius 2 is 1.67 bits per heavy atom. The second-order valence-electron chi connectivity index (χ2n) is 8.05. The first-order valence-electron chi connectivity index (χ1n) is 11.0. The molecule has 0 amide bonds. The van der Waals surface area contributed by atoms with Crippen molar-refractivity contribution in [2.45, 2.75) is 19.9 Å². The first kappa shape index (κ1) is 22.4. The van der Waals surface area contributed by atoms with Crippen molar-refractivity contribution in [2.24, 2.45) is 0 Å². The van der Waals surface area contributed by atoms with Gasteiger partial charge in [-0.05, 0) is 65.6 Å². The first-order valence-corrected chi connectivity index (χ1v) is 11.0. The Balaban J connectivity index is 1.92. The molecule has 0 spiro atoms. The number of benzene rings is 2. The van der Waals surface area contributed by atoms with E-state index in [-0.39, 0.29) is 11.1 Å². The summed E-state index contributed by atoms with van der Waals surface area (Å²) in [5, 5.41) is 9.85. The summed E-state index contributed by atoms with van der Waals surface area (Å²) < 4.78 is 10.6. The Kier molecular flexibility index (Phi) is 6.62. The molecule has 33 heavy (non-hydrogen) atoms. The van der Waals surface area contributed by atoms with Gasteiger partial charge in [0.05, 0.1) is 19.9 Å². The van der Waals surface area contributed by atoms with E-state index in [4.69, 9.17) is 9.47 Å². The van der Waals surface area contributed by atoms with Gasteiger partial charge in [0.25, 0.3) is 5.56 Å². The molecule has 6 nitrogen and oxygen atoms in total. The number of nitrogens with one attached hydrogen (secondary N) is 1. The van der Waals surface area contributed by atoms with Crippen molar-refractivity contribution in [3.8, 4) is 28.7 Å². The normalized spacial score (nSPS) is 14.5. The van der Waals surface area contributed by atoms with Crippen molar-refractivity contribution in [1.29, 1.82) is 5.26 Å². The molecular formula is C27H27N3O3. The maximum Gasteiger partial charge on any atom is 0.266 e. The SMILES string of the molecule is CCCN1C/C(=C\c2ccc(OC)cc2)c2[nH]c(=O)c(C#N)c(-c3ccc(OC)cc3)c2C1. The monoisotopic (exact) mass is 441 g/mol. The third kappa shape index (κ3) is 4.55. The van der Waals surface area contributed by atoms with Gasteiger partial charge in [0.15, 0.2) is 0 Å². The molecule has 6 heteroatoms. The zero-order valence-electron chi connectivity index (χ0n) is 19.1. The lowest BCUT2D eigenvalue weighted by molar-refractivity contribution is 0.291. The van der Waals surface area contributed by atoms with Crippen LogP contribution in [0.2, 0.25) is 0 Å². The highest BCUT2D eigenvalue weighted by molar-refractivity contribution is 5.87. The number of nitriles is 1. The lowest BCUT2D eigenvalue weighted by Crippen LogP contribution is -2.33. The van der Waals surface area contributed by atoms with E-state index in [1.54, 1.807) is 14.2 Å². The third-order valence-electron chi connectivity index (χ3n) is 5.90. The van der Waals surface area contributed by atoms with Gasteiger partial charge in [0.1, 0.15) is 23.1 Å². The zero-order chi connectivity index (χ0) is 23.4. The quantitative estimate of drug-likeness (QED) is 0.600. The molecule has 0 unspecified atom stereocenters. The molecule has 0 saturated heterocycles. The van der Waals surface area contributed by atoms with Gasteiger partial charge in [-0.3, -0.25) is 9.69 Å². The van der Waals surface area contributed by atoms with Crippen LogP contribution >= 0.6 is 0 Å². The van der Waals surface area contributed by atoms with Gasteiger partial charge >= 0.3 is 0 Å². The molecule has 0 aliphatic carbocycles. The smallest absolute Gasteiger partial charge is 0.266 e. The number of rotatable bonds is 6. The molecule has 0 radical (unpaired) electrons. The Hall–Kier alpha value is -3.82. The van der Waals surface area contributed by atoms with Crippen LogP contribution in [0, 0.1) is 11.3 Å². The van der Waals surface area contributed by atoms with Gasteiger partial charge in [-0.25, -0.2) is 0 Å². The van der Waals surface area contributed by atoms with E-state index < -0.39 is 0 Å². The summed E-state index contributed by atoms with van der Waals surface area (Å²) in [5.74, 6) is 1.52. The van der Waals surface area contributed by atoms with Crippen molar-refractivity contribution >= 4 is 11.6 Å². The maximum atomic E-state index is 13.0. The molecule has 0 fully saturated rings. The van der Waals surface area contributed by atoms with Crippen molar-refractivity contribution in [3.05, 3.63) is 81.3 Å². The summed E-state index contributed by atoms with van der Waals surface area (Å²) in [4.78, 5) is 18.3. The number of aromatic nitrogens is 1. The highest BCUT2D eigenvalue weighted by Gasteiger charge is 2.27. The molecule has 2 aromatic carbocycles. The fourth-order valence-corrected chi connectivity index (χ4v) is 4.35. The molecule has 0 atom stereocenters. The molecule has 1 aliphatic heterocycles. The van der Waals surface area contributed by atoms with Crippen LogP contribution in [-0.2, 0) is 6.54 Å². The summed E-state index contributed by atoms with van der Waals surface area (Å²) in [7, 11) is 3.26. The number of hydrogen-bond donors (Lipinski definition) is 1. The molecule has 0 bridgehead atoms. The molecule has 1 aliphatic rings. The van der Waals surface area contributed by atoms with Crippen molar-refractivity contribution < 1.29 is 9.47 Å². The van der Waals surface area contributed by atoms with Crippen molar-refractivity contribution in [1.82, 2.24) is 9.88 Å². The summed E-state index contributed by atoms with van der Waals surface area (Å²) in [6, 6.07) is 17.5. The number of aromatic amines is 1. The lowest BCUT2D eigenvalue weighted by Gasteiger charge is -2.32. The molecular weight excluding hydrogens is 414 g/mol. The molecule has 0 saturated carbocycles. The van der Waals surface area contributed by atoms with Crippen LogP contribution in [0.15, 0.2) is 53.3 Å². The van der Waals surface area contributed by atoms with E-state index in [9.17, 15) is 10.1 Å². The van der Waals surface area contributed by atoms with Crippen LogP contribution in [0.3, 0.4) is 0 Å². The third-order valence-corrected chi connectivity index (χ3v) is 5.90. The van der Waals surface area contributed by atoms with E-state index in [1.807, 2.05) is 48.5 Å². The Morgan fingerprint density at radius 1 is 1.03 bits per heavy atom. The first-order chi connectivity index (χ1) is 16.1. The number of pyridine rings is 1. The molecule has 1 N–H and O–H groups in total. The zero-order valence-corrected chi connectivity index (χ0v) is 19.1. The lowest BCUT2D eigenvalue weighted by atomic mass is 9.89. The Morgan fingerprint density at radius 3 is 2.24 bits per heavy atom. The summed E-state index contributed by atoms with van der Waals surface area (Å²) in [6.07, 6.45) is 3.11. The van der Waals surface area contributed by atoms with Crippen LogP contribution < -0.4 is 15.0 Å². The largest absolute Gasteiger partial charge is 0.497 e. The number of hydrogen-bond acceptors (Lipinski definition) is 5. The number of nitrogens with zero attached hydrogens (tertiary/aromatic N) is 2. The topological polar surface area (TPSA) is 78.4 Å². The van der Waals surface area contributed by atoms with Gasteiger partial charge in [-0.1, -0.05) is 31.2 Å². The molecule has 168 valence electrons. The van der Waals surface area contributed by atoms with Crippen LogP contribution in [-0.4, -0.2) is 37.2 Å². The van der Waals surface area contributed by atoms with E-state index >= 15 is 0 Å². The summed E-state index contributed by atoms with van der Waals surface area (Å²) >= 11 is 0. The fourth-order valence-electron chi connectivity index (χ4n) is 4.35. The number of methoxy groups -OCH3 is 2. The Bertz CT molecular complexity index is 1270. The minimum Gasteiger partial charge on any atom is -0.497 e. The summed E-state index contributed by atoms with van der Waals surface area (Å²) in [6.45, 7) is 4.45. The molecule has 2 heterocycles. The highest BCUT2D eigenvalue weighted by atomic mass is 16.5. The number of ether oxygens (including phenoxy) is 2. The summed E-state index contributed by atoms with van der Waals surface area (Å²) in [5.41, 5.74) is 5.10. The van der Waals surface area contributed by atoms with E-state index in [0.717, 1.165) is 59.0 Å². The van der Waals surface area contributed by atoms with Crippen molar-refractivity contribution in [3.63, 3.8) is 0 Å². The van der Waals surface area contributed by atoms with Crippen LogP contribution in [0.1, 0.15) is 35.7 Å². The Labute approximate surface area is 193 Å². The van der Waals surface area contributed by atoms with Crippen LogP contribution in [0.4, 0.5) is 0 Å². The number of fused-ring (bicyclic) bond motifs is 1. The van der Waals surface area contributed by atoms with Gasteiger partial charge in [-0.15, -0.1) is 0 Å². The van der Waals surface area contributed by atoms with E-state index in [0.29, 0.717) is 12.1 Å². The van der Waals surface area contributed by atoms with E-state index in [2.05, 4.69) is 29.0 Å². The second-order valence-corrected chi connectivity index (χ2v) is 8.05. The van der Waals surface area contributed by atoms with Crippen LogP contribution in [0.5, 0.6) is 11.5 Å². The predicted molar refractivity (Wildman–Crippen MR) is 130 cm³/mol. The minimum absolute atomic E-state index is 0.140. The van der Waals surface area contributed by atoms with Gasteiger partial charge in [0, 0.05) is 18.7 Å². The molecule has 1 aromatic heterocycles. The molecule has 3 aromatic rings. The maximum absolute atomic E-state index is 13.0. The van der Waals surface area contributed by atoms with Crippen LogP contribution in [0.25, 0.3) is 22.8 Å². The van der Waals surface area contributed by atoms with Gasteiger partial charge < -0.3 is 14.5 Å². The second kappa shape index (κ2) is 9.76. The minimum atomic E-state index is -0.369. The van der Waals surface area contributed by atoms with Crippen molar-refractivity contribution in [2.75, 3.05) is 27.3 Å². The average Bonchev–Trinajstić information content (AvgIpc) is 2.84. The van der Waals surface area contributed by atoms with Gasteiger partial charge in [-0.2, -0.15) is 5.26 Å². The number of H-pyrrole nitrogens is 1. The van der Waals surface area contributed by atoms with E-state index in [1.165, 1.54) is 0 Å². The fraction of sp³-hybridized carbons (Fsp3) is 0.259. The highest BCUT2D eigenvalue weighted by Crippen LogP contribution is 2.36. The predicted octanol–water partition coefficient (Wildman–Crippen LogP) is 4.70.